The number of ether oxygens (including phenoxy) is 2. The molecule has 1 aromatic heterocycles. The van der Waals surface area contributed by atoms with Crippen molar-refractivity contribution in [3.63, 3.8) is 0 Å². The Morgan fingerprint density at radius 3 is 2.92 bits per heavy atom. The lowest BCUT2D eigenvalue weighted by Gasteiger charge is -2.32. The first-order chi connectivity index (χ1) is 12.3. The molecule has 1 saturated heterocycles. The van der Waals surface area contributed by atoms with E-state index in [2.05, 4.69) is 14.9 Å². The van der Waals surface area contributed by atoms with E-state index in [1.807, 2.05) is 42.6 Å². The van der Waals surface area contributed by atoms with E-state index in [0.717, 1.165) is 49.9 Å². The van der Waals surface area contributed by atoms with Crippen molar-refractivity contribution in [1.29, 1.82) is 0 Å². The van der Waals surface area contributed by atoms with Gasteiger partial charge in [-0.25, -0.2) is 9.97 Å². The van der Waals surface area contributed by atoms with E-state index in [0.29, 0.717) is 12.5 Å². The highest BCUT2D eigenvalue weighted by molar-refractivity contribution is 5.20. The lowest BCUT2D eigenvalue weighted by molar-refractivity contribution is 0.175. The molecule has 0 radical (unpaired) electrons. The molecule has 0 saturated carbocycles. The molecule has 1 aliphatic heterocycles. The van der Waals surface area contributed by atoms with Crippen molar-refractivity contribution >= 4 is 0 Å². The first-order valence-electron chi connectivity index (χ1n) is 9.06. The molecule has 0 amide bonds. The van der Waals surface area contributed by atoms with Crippen LogP contribution in [0.2, 0.25) is 0 Å². The summed E-state index contributed by atoms with van der Waals surface area (Å²) in [5.74, 6) is 2.21. The highest BCUT2D eigenvalue weighted by Gasteiger charge is 2.22. The van der Waals surface area contributed by atoms with E-state index in [1.54, 1.807) is 7.11 Å². The number of aromatic nitrogens is 2. The number of rotatable bonds is 8. The standard InChI is InChI=1S/C20H27N3O2/c1-24-16-20-21-11-10-19(22-20)17-7-5-12-23(15-17)13-6-14-25-18-8-3-2-4-9-18/h2-4,8-11,17H,5-7,12-16H2,1H3. The Morgan fingerprint density at radius 2 is 2.08 bits per heavy atom. The normalized spacial score (nSPS) is 18.2. The van der Waals surface area contributed by atoms with Gasteiger partial charge in [-0.1, -0.05) is 18.2 Å². The topological polar surface area (TPSA) is 47.5 Å². The lowest BCUT2D eigenvalue weighted by Crippen LogP contribution is -2.36. The Bertz CT molecular complexity index is 636. The van der Waals surface area contributed by atoms with E-state index in [1.165, 1.54) is 12.8 Å². The molecule has 1 aromatic carbocycles. The van der Waals surface area contributed by atoms with Crippen molar-refractivity contribution in [3.05, 3.63) is 54.1 Å². The number of methoxy groups -OCH3 is 1. The maximum atomic E-state index is 5.79. The van der Waals surface area contributed by atoms with Crippen LogP contribution in [0.4, 0.5) is 0 Å². The smallest absolute Gasteiger partial charge is 0.154 e. The minimum atomic E-state index is 0.473. The third-order valence-corrected chi connectivity index (χ3v) is 4.55. The summed E-state index contributed by atoms with van der Waals surface area (Å²) in [6, 6.07) is 12.1. The monoisotopic (exact) mass is 341 g/mol. The third-order valence-electron chi connectivity index (χ3n) is 4.55. The highest BCUT2D eigenvalue weighted by atomic mass is 16.5. The second-order valence-corrected chi connectivity index (χ2v) is 6.49. The molecule has 1 aliphatic rings. The van der Waals surface area contributed by atoms with Gasteiger partial charge in [-0.15, -0.1) is 0 Å². The molecule has 0 spiro atoms. The van der Waals surface area contributed by atoms with Gasteiger partial charge in [-0.05, 0) is 44.0 Å². The van der Waals surface area contributed by atoms with Gasteiger partial charge in [-0.2, -0.15) is 0 Å². The molecule has 0 N–H and O–H groups in total. The Kier molecular flexibility index (Phi) is 6.77. The van der Waals surface area contributed by atoms with E-state index in [9.17, 15) is 0 Å². The van der Waals surface area contributed by atoms with Gasteiger partial charge in [0.1, 0.15) is 12.4 Å². The second-order valence-electron chi connectivity index (χ2n) is 6.49. The van der Waals surface area contributed by atoms with Crippen molar-refractivity contribution in [3.8, 4) is 5.75 Å². The number of piperidine rings is 1. The zero-order valence-corrected chi connectivity index (χ0v) is 14.9. The molecule has 1 atom stereocenters. The van der Waals surface area contributed by atoms with Crippen LogP contribution in [0, 0.1) is 0 Å². The minimum Gasteiger partial charge on any atom is -0.494 e. The molecule has 25 heavy (non-hydrogen) atoms. The van der Waals surface area contributed by atoms with Crippen LogP contribution >= 0.6 is 0 Å². The van der Waals surface area contributed by atoms with Crippen LogP contribution in [0.1, 0.15) is 36.7 Å². The molecule has 0 aliphatic carbocycles. The van der Waals surface area contributed by atoms with E-state index in [4.69, 9.17) is 9.47 Å². The summed E-state index contributed by atoms with van der Waals surface area (Å²) < 4.78 is 10.9. The Morgan fingerprint density at radius 1 is 1.20 bits per heavy atom. The fourth-order valence-corrected chi connectivity index (χ4v) is 3.34. The van der Waals surface area contributed by atoms with E-state index >= 15 is 0 Å². The summed E-state index contributed by atoms with van der Waals surface area (Å²) in [4.78, 5) is 11.5. The Hall–Kier alpha value is -1.98. The maximum absolute atomic E-state index is 5.79. The van der Waals surface area contributed by atoms with Gasteiger partial charge in [-0.3, -0.25) is 0 Å². The summed E-state index contributed by atoms with van der Waals surface area (Å²) in [6.45, 7) is 4.53. The third kappa shape index (κ3) is 5.51. The minimum absolute atomic E-state index is 0.473. The Labute approximate surface area is 150 Å². The van der Waals surface area contributed by atoms with Crippen molar-refractivity contribution in [1.82, 2.24) is 14.9 Å². The predicted molar refractivity (Wildman–Crippen MR) is 97.7 cm³/mol. The quantitative estimate of drug-likeness (QED) is 0.690. The molecule has 2 heterocycles. The van der Waals surface area contributed by atoms with Crippen LogP contribution in [0.5, 0.6) is 5.75 Å². The van der Waals surface area contributed by atoms with Crippen molar-refractivity contribution in [2.24, 2.45) is 0 Å². The van der Waals surface area contributed by atoms with Crippen LogP contribution in [0.15, 0.2) is 42.6 Å². The summed E-state index contributed by atoms with van der Waals surface area (Å²) >= 11 is 0. The molecule has 2 aromatic rings. The number of likely N-dealkylation sites (tertiary alicyclic amines) is 1. The molecule has 5 heteroatoms. The average Bonchev–Trinajstić information content (AvgIpc) is 2.67. The summed E-state index contributed by atoms with van der Waals surface area (Å²) in [7, 11) is 1.68. The van der Waals surface area contributed by atoms with Gasteiger partial charge in [0.25, 0.3) is 0 Å². The lowest BCUT2D eigenvalue weighted by atomic mass is 9.94. The van der Waals surface area contributed by atoms with Crippen LogP contribution in [-0.2, 0) is 11.3 Å². The fourth-order valence-electron chi connectivity index (χ4n) is 3.34. The number of nitrogens with zero attached hydrogens (tertiary/aromatic N) is 3. The Balaban J connectivity index is 1.45. The molecular formula is C20H27N3O2. The molecule has 1 fully saturated rings. The number of benzene rings is 1. The van der Waals surface area contributed by atoms with Gasteiger partial charge >= 0.3 is 0 Å². The second kappa shape index (κ2) is 9.49. The van der Waals surface area contributed by atoms with Gasteiger partial charge in [0.15, 0.2) is 5.82 Å². The van der Waals surface area contributed by atoms with Crippen LogP contribution in [-0.4, -0.2) is 48.2 Å². The zero-order valence-electron chi connectivity index (χ0n) is 14.9. The van der Waals surface area contributed by atoms with Gasteiger partial charge in [0.05, 0.1) is 6.61 Å². The largest absolute Gasteiger partial charge is 0.494 e. The first-order valence-corrected chi connectivity index (χ1v) is 9.06. The summed E-state index contributed by atoms with van der Waals surface area (Å²) in [6.07, 6.45) is 5.30. The number of hydrogen-bond donors (Lipinski definition) is 0. The SMILES string of the molecule is COCc1nccc(C2CCCN(CCCOc3ccccc3)C2)n1. The van der Waals surface area contributed by atoms with Crippen molar-refractivity contribution in [2.45, 2.75) is 31.8 Å². The van der Waals surface area contributed by atoms with Gasteiger partial charge in [0, 0.05) is 38.0 Å². The molecular weight excluding hydrogens is 314 g/mol. The fraction of sp³-hybridized carbons (Fsp3) is 0.500. The van der Waals surface area contributed by atoms with Gasteiger partial charge in [0.2, 0.25) is 0 Å². The molecule has 3 rings (SSSR count). The highest BCUT2D eigenvalue weighted by Crippen LogP contribution is 2.25. The molecule has 1 unspecified atom stereocenters. The summed E-state index contributed by atoms with van der Waals surface area (Å²) in [5, 5.41) is 0. The first kappa shape index (κ1) is 17.8. The van der Waals surface area contributed by atoms with E-state index in [-0.39, 0.29) is 0 Å². The van der Waals surface area contributed by atoms with Crippen molar-refractivity contribution < 1.29 is 9.47 Å². The van der Waals surface area contributed by atoms with Gasteiger partial charge < -0.3 is 14.4 Å². The van der Waals surface area contributed by atoms with Crippen LogP contribution in [0.25, 0.3) is 0 Å². The summed E-state index contributed by atoms with van der Waals surface area (Å²) in [5.41, 5.74) is 1.15. The van der Waals surface area contributed by atoms with Crippen LogP contribution < -0.4 is 4.74 Å². The van der Waals surface area contributed by atoms with Crippen molar-refractivity contribution in [2.75, 3.05) is 33.4 Å². The maximum Gasteiger partial charge on any atom is 0.154 e. The number of hydrogen-bond acceptors (Lipinski definition) is 5. The molecule has 5 nitrogen and oxygen atoms in total. The number of para-hydroxylation sites is 1. The zero-order chi connectivity index (χ0) is 17.3. The molecule has 134 valence electrons. The molecule has 0 bridgehead atoms. The average molecular weight is 341 g/mol. The predicted octanol–water partition coefficient (Wildman–Crippen LogP) is 3.27. The van der Waals surface area contributed by atoms with Crippen LogP contribution in [0.3, 0.4) is 0 Å². The van der Waals surface area contributed by atoms with E-state index < -0.39 is 0 Å².